The lowest BCUT2D eigenvalue weighted by Crippen LogP contribution is -1.94. The zero-order valence-corrected chi connectivity index (χ0v) is 16.9. The molecule has 1 N–H and O–H groups in total. The van der Waals surface area contributed by atoms with Crippen LogP contribution in [0.1, 0.15) is 13.8 Å². The number of aromatic nitrogens is 4. The molecule has 0 amide bonds. The van der Waals surface area contributed by atoms with Gasteiger partial charge in [-0.2, -0.15) is 0 Å². The van der Waals surface area contributed by atoms with E-state index in [1.165, 1.54) is 11.3 Å². The SMILES string of the molecule is CC.COc1cc(-c2ccc3nc(Nc4cccnc4)sc3n2)cnc1OC. The number of thiazole rings is 1. The molecule has 0 aromatic carbocycles. The van der Waals surface area contributed by atoms with Crippen LogP contribution in [0.25, 0.3) is 21.6 Å². The maximum atomic E-state index is 5.32. The number of rotatable bonds is 5. The van der Waals surface area contributed by atoms with E-state index < -0.39 is 0 Å². The van der Waals surface area contributed by atoms with E-state index in [9.17, 15) is 0 Å². The standard InChI is InChI=1S/C18H15N5O2S.C2H6/c1-24-15-8-11(9-20-16(15)25-2)13-5-6-14-17(22-13)26-18(23-14)21-12-4-3-7-19-10-12;1-2/h3-10H,1-2H3,(H,21,23);1-2H3. The van der Waals surface area contributed by atoms with Crippen LogP contribution in [0.2, 0.25) is 0 Å². The molecule has 0 saturated carbocycles. The predicted molar refractivity (Wildman–Crippen MR) is 113 cm³/mol. The molecule has 144 valence electrons. The van der Waals surface area contributed by atoms with Crippen molar-refractivity contribution in [3.05, 3.63) is 48.9 Å². The molecule has 0 aliphatic heterocycles. The first kappa shape index (κ1) is 19.5. The number of anilines is 2. The first-order valence-electron chi connectivity index (χ1n) is 8.80. The van der Waals surface area contributed by atoms with Crippen LogP contribution < -0.4 is 14.8 Å². The third-order valence-corrected chi connectivity index (χ3v) is 4.58. The lowest BCUT2D eigenvalue weighted by atomic mass is 10.2. The van der Waals surface area contributed by atoms with Crippen LogP contribution in [0.4, 0.5) is 10.8 Å². The molecule has 4 aromatic heterocycles. The van der Waals surface area contributed by atoms with Gasteiger partial charge in [0.2, 0.25) is 0 Å². The Morgan fingerprint density at radius 1 is 1.00 bits per heavy atom. The normalized spacial score (nSPS) is 10.1. The number of hydrogen-bond acceptors (Lipinski definition) is 8. The van der Waals surface area contributed by atoms with Crippen LogP contribution >= 0.6 is 11.3 Å². The highest BCUT2D eigenvalue weighted by Crippen LogP contribution is 2.32. The summed E-state index contributed by atoms with van der Waals surface area (Å²) in [5.41, 5.74) is 3.36. The summed E-state index contributed by atoms with van der Waals surface area (Å²) < 4.78 is 10.5. The van der Waals surface area contributed by atoms with Crippen molar-refractivity contribution in [2.75, 3.05) is 19.5 Å². The Kier molecular flexibility index (Phi) is 6.33. The predicted octanol–water partition coefficient (Wildman–Crippen LogP) is 4.94. The summed E-state index contributed by atoms with van der Waals surface area (Å²) in [6.07, 6.45) is 5.19. The van der Waals surface area contributed by atoms with Crippen molar-refractivity contribution in [1.82, 2.24) is 19.9 Å². The van der Waals surface area contributed by atoms with E-state index >= 15 is 0 Å². The third-order valence-electron chi connectivity index (χ3n) is 3.70. The van der Waals surface area contributed by atoms with Gasteiger partial charge in [-0.25, -0.2) is 15.0 Å². The third kappa shape index (κ3) is 4.17. The van der Waals surface area contributed by atoms with Crippen LogP contribution in [-0.2, 0) is 0 Å². The van der Waals surface area contributed by atoms with Gasteiger partial charge < -0.3 is 14.8 Å². The minimum absolute atomic E-state index is 0.443. The van der Waals surface area contributed by atoms with Crippen molar-refractivity contribution in [1.29, 1.82) is 0 Å². The van der Waals surface area contributed by atoms with Crippen LogP contribution in [0.3, 0.4) is 0 Å². The largest absolute Gasteiger partial charge is 0.491 e. The number of methoxy groups -OCH3 is 2. The minimum atomic E-state index is 0.443. The summed E-state index contributed by atoms with van der Waals surface area (Å²) >= 11 is 1.48. The second-order valence-electron chi connectivity index (χ2n) is 5.34. The second kappa shape index (κ2) is 9.09. The van der Waals surface area contributed by atoms with E-state index in [0.717, 1.165) is 32.4 Å². The lowest BCUT2D eigenvalue weighted by molar-refractivity contribution is 0.343. The molecule has 8 heteroatoms. The van der Waals surface area contributed by atoms with Gasteiger partial charge >= 0.3 is 0 Å². The molecular formula is C20H21N5O2S. The highest BCUT2D eigenvalue weighted by atomic mass is 32.1. The van der Waals surface area contributed by atoms with Crippen molar-refractivity contribution in [2.24, 2.45) is 0 Å². The fraction of sp³-hybridized carbons (Fsp3) is 0.200. The van der Waals surface area contributed by atoms with Gasteiger partial charge in [-0.15, -0.1) is 0 Å². The number of ether oxygens (including phenoxy) is 2. The molecule has 0 bridgehead atoms. The van der Waals surface area contributed by atoms with Crippen molar-refractivity contribution in [3.8, 4) is 22.9 Å². The van der Waals surface area contributed by atoms with Gasteiger partial charge in [-0.3, -0.25) is 4.98 Å². The molecule has 7 nitrogen and oxygen atoms in total. The monoisotopic (exact) mass is 395 g/mol. The summed E-state index contributed by atoms with van der Waals surface area (Å²) in [6.45, 7) is 4.00. The van der Waals surface area contributed by atoms with Crippen molar-refractivity contribution in [2.45, 2.75) is 13.8 Å². The molecule has 4 rings (SSSR count). The zero-order valence-electron chi connectivity index (χ0n) is 16.1. The summed E-state index contributed by atoms with van der Waals surface area (Å²) in [4.78, 5) is 18.5. The molecule has 0 aliphatic rings. The minimum Gasteiger partial charge on any atom is -0.491 e. The van der Waals surface area contributed by atoms with Gasteiger partial charge in [0.15, 0.2) is 10.9 Å². The van der Waals surface area contributed by atoms with E-state index in [1.807, 2.05) is 44.2 Å². The quantitative estimate of drug-likeness (QED) is 0.513. The van der Waals surface area contributed by atoms with E-state index in [-0.39, 0.29) is 0 Å². The van der Waals surface area contributed by atoms with E-state index in [2.05, 4.69) is 20.3 Å². The Bertz CT molecular complexity index is 1050. The first-order chi connectivity index (χ1) is 13.8. The Balaban J connectivity index is 0.00000109. The van der Waals surface area contributed by atoms with Gasteiger partial charge in [-0.05, 0) is 30.3 Å². The summed E-state index contributed by atoms with van der Waals surface area (Å²) in [5, 5.41) is 4.01. The van der Waals surface area contributed by atoms with E-state index in [1.54, 1.807) is 32.8 Å². The van der Waals surface area contributed by atoms with Crippen molar-refractivity contribution < 1.29 is 9.47 Å². The molecule has 0 saturated heterocycles. The van der Waals surface area contributed by atoms with Crippen molar-refractivity contribution >= 4 is 32.5 Å². The van der Waals surface area contributed by atoms with Crippen LogP contribution in [-0.4, -0.2) is 34.2 Å². The van der Waals surface area contributed by atoms with Gasteiger partial charge in [0.25, 0.3) is 5.88 Å². The Morgan fingerprint density at radius 2 is 1.86 bits per heavy atom. The molecule has 0 unspecified atom stereocenters. The van der Waals surface area contributed by atoms with Gasteiger partial charge in [0, 0.05) is 18.0 Å². The smallest absolute Gasteiger partial charge is 0.256 e. The van der Waals surface area contributed by atoms with Crippen LogP contribution in [0.5, 0.6) is 11.6 Å². The first-order valence-corrected chi connectivity index (χ1v) is 9.61. The van der Waals surface area contributed by atoms with E-state index in [4.69, 9.17) is 14.5 Å². The summed E-state index contributed by atoms with van der Waals surface area (Å²) in [5.74, 6) is 1.01. The fourth-order valence-corrected chi connectivity index (χ4v) is 3.32. The topological polar surface area (TPSA) is 82.0 Å². The Hall–Kier alpha value is -3.26. The molecule has 4 heterocycles. The van der Waals surface area contributed by atoms with E-state index in [0.29, 0.717) is 11.6 Å². The average molecular weight is 395 g/mol. The molecular weight excluding hydrogens is 374 g/mol. The van der Waals surface area contributed by atoms with Crippen LogP contribution in [0, 0.1) is 0 Å². The fourth-order valence-electron chi connectivity index (χ4n) is 2.46. The molecule has 4 aromatic rings. The van der Waals surface area contributed by atoms with Gasteiger partial charge in [-0.1, -0.05) is 25.2 Å². The zero-order chi connectivity index (χ0) is 19.9. The molecule has 0 spiro atoms. The van der Waals surface area contributed by atoms with Crippen molar-refractivity contribution in [3.63, 3.8) is 0 Å². The number of nitrogens with zero attached hydrogens (tertiary/aromatic N) is 4. The summed E-state index contributed by atoms with van der Waals surface area (Å²) in [6, 6.07) is 9.53. The molecule has 0 fully saturated rings. The molecule has 0 radical (unpaired) electrons. The van der Waals surface area contributed by atoms with Gasteiger partial charge in [0.1, 0.15) is 10.3 Å². The average Bonchev–Trinajstić information content (AvgIpc) is 3.16. The highest BCUT2D eigenvalue weighted by Gasteiger charge is 2.11. The molecule has 0 aliphatic carbocycles. The molecule has 28 heavy (non-hydrogen) atoms. The molecule has 0 atom stereocenters. The number of hydrogen-bond donors (Lipinski definition) is 1. The number of nitrogens with one attached hydrogen (secondary N) is 1. The Labute approximate surface area is 167 Å². The number of pyridine rings is 3. The maximum Gasteiger partial charge on any atom is 0.256 e. The Morgan fingerprint density at radius 3 is 2.57 bits per heavy atom. The maximum absolute atomic E-state index is 5.32. The van der Waals surface area contributed by atoms with Gasteiger partial charge in [0.05, 0.1) is 31.8 Å². The van der Waals surface area contributed by atoms with Crippen LogP contribution in [0.15, 0.2) is 48.9 Å². The highest BCUT2D eigenvalue weighted by molar-refractivity contribution is 7.21. The lowest BCUT2D eigenvalue weighted by Gasteiger charge is -2.08. The summed E-state index contributed by atoms with van der Waals surface area (Å²) in [7, 11) is 3.14. The number of fused-ring (bicyclic) bond motifs is 1. The second-order valence-corrected chi connectivity index (χ2v) is 6.32.